The Labute approximate surface area is 178 Å². The molecule has 2 N–H and O–H groups in total. The number of urea groups is 1. The van der Waals surface area contributed by atoms with Gasteiger partial charge in [0.1, 0.15) is 5.54 Å². The largest absolute Gasteiger partial charge is 0.323 e. The Bertz CT molecular complexity index is 873. The van der Waals surface area contributed by atoms with E-state index in [0.29, 0.717) is 6.42 Å². The second-order valence-electron chi connectivity index (χ2n) is 8.59. The first kappa shape index (κ1) is 20.6. The molecule has 0 bridgehead atoms. The molecule has 1 unspecified atom stereocenters. The van der Waals surface area contributed by atoms with E-state index in [4.69, 9.17) is 0 Å². The molecule has 1 atom stereocenters. The molecule has 0 aliphatic carbocycles. The van der Waals surface area contributed by atoms with Gasteiger partial charge in [0.25, 0.3) is 5.91 Å². The molecule has 2 aromatic carbocycles. The minimum atomic E-state index is -0.790. The van der Waals surface area contributed by atoms with E-state index in [2.05, 4.69) is 58.9 Å². The predicted octanol–water partition coefficient (Wildman–Crippen LogP) is 3.67. The lowest BCUT2D eigenvalue weighted by Crippen LogP contribution is -2.56. The summed E-state index contributed by atoms with van der Waals surface area (Å²) in [5.41, 5.74) is 3.10. The molecule has 3 amide bonds. The molecule has 5 heteroatoms. The number of carbonyl (C=O) groups excluding carboxylic acids is 2. The zero-order valence-electron chi connectivity index (χ0n) is 17.7. The number of hydrogen-bond donors (Lipinski definition) is 2. The predicted molar refractivity (Wildman–Crippen MR) is 118 cm³/mol. The zero-order valence-corrected chi connectivity index (χ0v) is 17.7. The van der Waals surface area contributed by atoms with Crippen molar-refractivity contribution in [2.75, 3.05) is 13.1 Å². The van der Waals surface area contributed by atoms with Gasteiger partial charge >= 0.3 is 6.03 Å². The van der Waals surface area contributed by atoms with Crippen molar-refractivity contribution in [3.05, 3.63) is 71.3 Å². The van der Waals surface area contributed by atoms with Gasteiger partial charge < -0.3 is 5.32 Å². The van der Waals surface area contributed by atoms with E-state index in [1.807, 2.05) is 18.2 Å². The van der Waals surface area contributed by atoms with Gasteiger partial charge in [-0.15, -0.1) is 0 Å². The zero-order chi connectivity index (χ0) is 21.0. The average molecular weight is 406 g/mol. The van der Waals surface area contributed by atoms with Crippen LogP contribution in [0.25, 0.3) is 0 Å². The van der Waals surface area contributed by atoms with Crippen LogP contribution >= 0.6 is 0 Å². The van der Waals surface area contributed by atoms with Gasteiger partial charge in [-0.3, -0.25) is 15.0 Å². The number of piperidine rings is 1. The highest BCUT2D eigenvalue weighted by Gasteiger charge is 2.51. The van der Waals surface area contributed by atoms with Gasteiger partial charge in [-0.1, -0.05) is 61.5 Å². The van der Waals surface area contributed by atoms with Crippen LogP contribution in [0.5, 0.6) is 0 Å². The van der Waals surface area contributed by atoms with Crippen LogP contribution in [0.4, 0.5) is 4.79 Å². The summed E-state index contributed by atoms with van der Waals surface area (Å²) < 4.78 is 0. The van der Waals surface area contributed by atoms with Crippen molar-refractivity contribution < 1.29 is 9.59 Å². The third kappa shape index (κ3) is 4.41. The molecule has 2 heterocycles. The van der Waals surface area contributed by atoms with E-state index >= 15 is 0 Å². The van der Waals surface area contributed by atoms with Crippen molar-refractivity contribution in [3.8, 4) is 0 Å². The highest BCUT2D eigenvalue weighted by Crippen LogP contribution is 2.35. The van der Waals surface area contributed by atoms with E-state index in [1.165, 1.54) is 16.7 Å². The third-order valence-electron chi connectivity index (χ3n) is 6.74. The monoisotopic (exact) mass is 405 g/mol. The third-order valence-corrected chi connectivity index (χ3v) is 6.74. The highest BCUT2D eigenvalue weighted by atomic mass is 16.2. The van der Waals surface area contributed by atoms with Gasteiger partial charge in [-0.05, 0) is 67.8 Å². The topological polar surface area (TPSA) is 61.4 Å². The molecule has 0 radical (unpaired) electrons. The first-order chi connectivity index (χ1) is 14.6. The van der Waals surface area contributed by atoms with Crippen LogP contribution in [0, 0.1) is 5.92 Å². The Morgan fingerprint density at radius 1 is 0.933 bits per heavy atom. The van der Waals surface area contributed by atoms with Crippen LogP contribution in [0.2, 0.25) is 0 Å². The van der Waals surface area contributed by atoms with E-state index < -0.39 is 5.54 Å². The number of benzene rings is 2. The first-order valence-corrected chi connectivity index (χ1v) is 11.1. The molecule has 0 saturated carbocycles. The Kier molecular flexibility index (Phi) is 6.18. The van der Waals surface area contributed by atoms with Gasteiger partial charge in [-0.2, -0.15) is 0 Å². The number of rotatable bonds is 7. The number of likely N-dealkylation sites (tertiary alicyclic amines) is 1. The number of carbonyl (C=O) groups is 2. The molecule has 158 valence electrons. The minimum absolute atomic E-state index is 0.156. The summed E-state index contributed by atoms with van der Waals surface area (Å²) >= 11 is 0. The molecule has 0 aromatic heterocycles. The number of amides is 3. The highest BCUT2D eigenvalue weighted by molar-refractivity contribution is 6.07. The Morgan fingerprint density at radius 3 is 2.20 bits per heavy atom. The summed E-state index contributed by atoms with van der Waals surface area (Å²) in [5.74, 6) is 0.00316. The lowest BCUT2D eigenvalue weighted by Gasteiger charge is -2.40. The summed E-state index contributed by atoms with van der Waals surface area (Å²) in [6.07, 6.45) is 4.30. The lowest BCUT2D eigenvalue weighted by molar-refractivity contribution is -0.127. The summed E-state index contributed by atoms with van der Waals surface area (Å²) in [6.45, 7) is 4.99. The minimum Gasteiger partial charge on any atom is -0.323 e. The second kappa shape index (κ2) is 9.00. The van der Waals surface area contributed by atoms with E-state index in [-0.39, 0.29) is 17.9 Å². The van der Waals surface area contributed by atoms with Crippen molar-refractivity contribution in [1.29, 1.82) is 0 Å². The Morgan fingerprint density at radius 2 is 1.60 bits per heavy atom. The molecule has 2 aliphatic rings. The van der Waals surface area contributed by atoms with Crippen molar-refractivity contribution in [1.82, 2.24) is 15.5 Å². The van der Waals surface area contributed by atoms with Gasteiger partial charge in [0.2, 0.25) is 0 Å². The van der Waals surface area contributed by atoms with Crippen molar-refractivity contribution >= 4 is 11.9 Å². The summed E-state index contributed by atoms with van der Waals surface area (Å²) in [5, 5.41) is 5.52. The number of nitrogens with one attached hydrogen (secondary N) is 2. The Hall–Kier alpha value is -2.66. The molecule has 2 aliphatic heterocycles. The van der Waals surface area contributed by atoms with Crippen molar-refractivity contribution in [2.45, 2.75) is 51.1 Å². The van der Waals surface area contributed by atoms with E-state index in [9.17, 15) is 9.59 Å². The normalized spacial score (nSPS) is 22.7. The maximum absolute atomic E-state index is 12.9. The maximum atomic E-state index is 12.9. The molecule has 2 aromatic rings. The molecule has 5 nitrogen and oxygen atoms in total. The van der Waals surface area contributed by atoms with E-state index in [0.717, 1.165) is 45.3 Å². The lowest BCUT2D eigenvalue weighted by atomic mass is 9.74. The fraction of sp³-hybridized carbons (Fsp3) is 0.440. The van der Waals surface area contributed by atoms with Crippen LogP contribution in [0.15, 0.2) is 54.6 Å². The van der Waals surface area contributed by atoms with Crippen LogP contribution in [0.1, 0.15) is 42.9 Å². The summed E-state index contributed by atoms with van der Waals surface area (Å²) in [4.78, 5) is 27.3. The molecular weight excluding hydrogens is 374 g/mol. The van der Waals surface area contributed by atoms with Crippen LogP contribution in [0.3, 0.4) is 0 Å². The fourth-order valence-electron chi connectivity index (χ4n) is 4.88. The van der Waals surface area contributed by atoms with Crippen LogP contribution in [-0.4, -0.2) is 35.5 Å². The van der Waals surface area contributed by atoms with E-state index in [1.54, 1.807) is 0 Å². The molecule has 0 spiro atoms. The van der Waals surface area contributed by atoms with Crippen molar-refractivity contribution in [3.63, 3.8) is 0 Å². The number of nitrogens with zero attached hydrogens (tertiary/aromatic N) is 1. The smallest absolute Gasteiger partial charge is 0.322 e. The number of imide groups is 1. The van der Waals surface area contributed by atoms with Gasteiger partial charge in [0.15, 0.2) is 0 Å². The summed E-state index contributed by atoms with van der Waals surface area (Å²) in [7, 11) is 0. The Balaban J connectivity index is 1.40. The van der Waals surface area contributed by atoms with Gasteiger partial charge in [0, 0.05) is 6.54 Å². The van der Waals surface area contributed by atoms with Gasteiger partial charge in [-0.25, -0.2) is 4.79 Å². The quantitative estimate of drug-likeness (QED) is 0.691. The van der Waals surface area contributed by atoms with Crippen LogP contribution < -0.4 is 10.6 Å². The number of aryl methyl sites for hydroxylation is 2. The van der Waals surface area contributed by atoms with Gasteiger partial charge in [0.05, 0.1) is 0 Å². The number of hydrogen-bond acceptors (Lipinski definition) is 3. The fourth-order valence-corrected chi connectivity index (χ4v) is 4.88. The molecule has 30 heavy (non-hydrogen) atoms. The first-order valence-electron chi connectivity index (χ1n) is 11.1. The SMILES string of the molecule is CCc1ccc(CN2CCC(C3(CCc4ccccc4)NC(=O)NC3=O)CC2)cc1. The maximum Gasteiger partial charge on any atom is 0.322 e. The van der Waals surface area contributed by atoms with Crippen molar-refractivity contribution in [2.24, 2.45) is 5.92 Å². The molecular formula is C25H31N3O2. The van der Waals surface area contributed by atoms with Crippen LogP contribution in [-0.2, 0) is 24.2 Å². The summed E-state index contributed by atoms with van der Waals surface area (Å²) in [6, 6.07) is 18.7. The molecule has 4 rings (SSSR count). The molecule has 2 saturated heterocycles. The molecule has 2 fully saturated rings. The second-order valence-corrected chi connectivity index (χ2v) is 8.59. The average Bonchev–Trinajstić information content (AvgIpc) is 3.08. The standard InChI is InChI=1S/C25H31N3O2/c1-2-19-8-10-21(11-9-19)18-28-16-13-22(14-17-28)25(23(29)26-24(30)27-25)15-12-20-6-4-3-5-7-20/h3-11,22H,2,12-18H2,1H3,(H2,26,27,29,30).